The highest BCUT2D eigenvalue weighted by atomic mass is 16.5. The lowest BCUT2D eigenvalue weighted by atomic mass is 10.1. The van der Waals surface area contributed by atoms with Gasteiger partial charge in [0.1, 0.15) is 0 Å². The zero-order chi connectivity index (χ0) is 11.7. The summed E-state index contributed by atoms with van der Waals surface area (Å²) in [4.78, 5) is 11.5. The minimum Gasteiger partial charge on any atom is -0.462 e. The van der Waals surface area contributed by atoms with Gasteiger partial charge >= 0.3 is 5.97 Å². The van der Waals surface area contributed by atoms with E-state index in [-0.39, 0.29) is 5.97 Å². The topological polar surface area (TPSA) is 52.3 Å². The fourth-order valence-corrected chi connectivity index (χ4v) is 1.07. The Kier molecular flexibility index (Phi) is 7.42. The zero-order valence-corrected chi connectivity index (χ0v) is 9.88. The number of nitrogens with two attached hydrogens (primary N) is 1. The van der Waals surface area contributed by atoms with Gasteiger partial charge in [-0.3, -0.25) is 0 Å². The summed E-state index contributed by atoms with van der Waals surface area (Å²) >= 11 is 0. The summed E-state index contributed by atoms with van der Waals surface area (Å²) < 4.78 is 4.93. The summed E-state index contributed by atoms with van der Waals surface area (Å²) in [5.41, 5.74) is 6.84. The van der Waals surface area contributed by atoms with Gasteiger partial charge in [-0.05, 0) is 25.8 Å². The maximum Gasteiger partial charge on any atom is 0.339 e. The number of hydrogen-bond acceptors (Lipinski definition) is 3. The molecule has 0 saturated carbocycles. The predicted octanol–water partition coefficient (Wildman–Crippen LogP) is 2.53. The second-order valence-corrected chi connectivity index (χ2v) is 3.20. The number of ether oxygens (including phenoxy) is 1. The van der Waals surface area contributed by atoms with Crippen molar-refractivity contribution in [3.05, 3.63) is 23.4 Å². The van der Waals surface area contributed by atoms with Crippen molar-refractivity contribution in [2.45, 2.75) is 40.0 Å². The first-order valence-electron chi connectivity index (χ1n) is 5.49. The number of esters is 1. The molecule has 0 atom stereocenters. The fraction of sp³-hybridized carbons (Fsp3) is 0.583. The largest absolute Gasteiger partial charge is 0.462 e. The molecule has 3 nitrogen and oxygen atoms in total. The summed E-state index contributed by atoms with van der Waals surface area (Å²) in [7, 11) is 0. The Morgan fingerprint density at radius 1 is 1.33 bits per heavy atom. The molecule has 0 aliphatic heterocycles. The van der Waals surface area contributed by atoms with Gasteiger partial charge in [-0.2, -0.15) is 0 Å². The molecule has 0 aromatic carbocycles. The van der Waals surface area contributed by atoms with Crippen molar-refractivity contribution < 1.29 is 9.53 Å². The molecule has 0 rings (SSSR count). The standard InChI is InChI=1S/C12H21NO2/c1-4-7-8-9-10(11(13)5-2)12(14)15-6-3/h8-9H,4-7,13H2,1-3H3/b9-8+,11-10+. The molecule has 86 valence electrons. The molecule has 0 heterocycles. The van der Waals surface area contributed by atoms with E-state index in [9.17, 15) is 4.79 Å². The van der Waals surface area contributed by atoms with Gasteiger partial charge in [-0.15, -0.1) is 0 Å². The maximum atomic E-state index is 11.5. The summed E-state index contributed by atoms with van der Waals surface area (Å²) in [6, 6.07) is 0. The number of hydrogen-bond donors (Lipinski definition) is 1. The summed E-state index contributed by atoms with van der Waals surface area (Å²) in [6.45, 7) is 6.16. The second kappa shape index (κ2) is 8.09. The third kappa shape index (κ3) is 5.25. The Labute approximate surface area is 92.0 Å². The van der Waals surface area contributed by atoms with Crippen molar-refractivity contribution >= 4 is 5.97 Å². The van der Waals surface area contributed by atoms with E-state index in [1.165, 1.54) is 0 Å². The molecule has 0 unspecified atom stereocenters. The number of unbranched alkanes of at least 4 members (excludes halogenated alkanes) is 1. The lowest BCUT2D eigenvalue weighted by molar-refractivity contribution is -0.138. The minimum atomic E-state index is -0.329. The molecule has 3 heteroatoms. The molecule has 0 aromatic rings. The van der Waals surface area contributed by atoms with Gasteiger partial charge in [-0.25, -0.2) is 4.79 Å². The molecule has 0 radical (unpaired) electrons. The van der Waals surface area contributed by atoms with E-state index >= 15 is 0 Å². The summed E-state index contributed by atoms with van der Waals surface area (Å²) in [5, 5.41) is 0. The molecular weight excluding hydrogens is 190 g/mol. The van der Waals surface area contributed by atoms with E-state index in [0.717, 1.165) is 12.8 Å². The molecule has 15 heavy (non-hydrogen) atoms. The van der Waals surface area contributed by atoms with Crippen LogP contribution in [0.5, 0.6) is 0 Å². The predicted molar refractivity (Wildman–Crippen MR) is 62.2 cm³/mol. The number of carbonyl (C=O) groups is 1. The molecule has 2 N–H and O–H groups in total. The Hall–Kier alpha value is -1.25. The van der Waals surface area contributed by atoms with Crippen molar-refractivity contribution in [3.8, 4) is 0 Å². The molecule has 0 aliphatic rings. The molecule has 0 aliphatic carbocycles. The molecule has 0 saturated heterocycles. The van der Waals surface area contributed by atoms with Crippen molar-refractivity contribution in [3.63, 3.8) is 0 Å². The average molecular weight is 211 g/mol. The highest BCUT2D eigenvalue weighted by Crippen LogP contribution is 2.08. The Bertz CT molecular complexity index is 254. The zero-order valence-electron chi connectivity index (χ0n) is 9.88. The first-order valence-corrected chi connectivity index (χ1v) is 5.49. The van der Waals surface area contributed by atoms with Crippen LogP contribution in [-0.2, 0) is 9.53 Å². The highest BCUT2D eigenvalue weighted by Gasteiger charge is 2.10. The van der Waals surface area contributed by atoms with Crippen LogP contribution in [0.4, 0.5) is 0 Å². The average Bonchev–Trinajstić information content (AvgIpc) is 2.23. The van der Waals surface area contributed by atoms with Crippen LogP contribution in [0.3, 0.4) is 0 Å². The van der Waals surface area contributed by atoms with Crippen LogP contribution in [0.15, 0.2) is 23.4 Å². The Morgan fingerprint density at radius 3 is 2.47 bits per heavy atom. The molecule has 0 aromatic heterocycles. The lowest BCUT2D eigenvalue weighted by Crippen LogP contribution is -2.12. The van der Waals surface area contributed by atoms with E-state index in [4.69, 9.17) is 10.5 Å². The quantitative estimate of drug-likeness (QED) is 0.417. The van der Waals surface area contributed by atoms with Crippen molar-refractivity contribution in [1.82, 2.24) is 0 Å². The van der Waals surface area contributed by atoms with Gasteiger partial charge in [0.15, 0.2) is 0 Å². The van der Waals surface area contributed by atoms with Gasteiger partial charge in [0.25, 0.3) is 0 Å². The third-order valence-electron chi connectivity index (χ3n) is 1.96. The molecule has 0 fully saturated rings. The van der Waals surface area contributed by atoms with Crippen LogP contribution in [-0.4, -0.2) is 12.6 Å². The molecule has 0 bridgehead atoms. The van der Waals surface area contributed by atoms with E-state index < -0.39 is 0 Å². The summed E-state index contributed by atoms with van der Waals surface area (Å²) in [5.74, 6) is -0.329. The Morgan fingerprint density at radius 2 is 2.00 bits per heavy atom. The smallest absolute Gasteiger partial charge is 0.339 e. The van der Waals surface area contributed by atoms with E-state index in [1.807, 2.05) is 13.0 Å². The van der Waals surface area contributed by atoms with Crippen LogP contribution in [0.25, 0.3) is 0 Å². The van der Waals surface area contributed by atoms with Crippen molar-refractivity contribution in [2.75, 3.05) is 6.61 Å². The first-order chi connectivity index (χ1) is 7.17. The lowest BCUT2D eigenvalue weighted by Gasteiger charge is -2.05. The minimum absolute atomic E-state index is 0.329. The Balaban J connectivity index is 4.67. The van der Waals surface area contributed by atoms with Gasteiger partial charge in [0.2, 0.25) is 0 Å². The van der Waals surface area contributed by atoms with Crippen molar-refractivity contribution in [1.29, 1.82) is 0 Å². The normalized spacial score (nSPS) is 12.7. The molecule has 0 amide bonds. The van der Waals surface area contributed by atoms with Crippen LogP contribution in [0.1, 0.15) is 40.0 Å². The van der Waals surface area contributed by atoms with Gasteiger partial charge in [-0.1, -0.05) is 26.3 Å². The number of rotatable bonds is 6. The molecule has 0 spiro atoms. The van der Waals surface area contributed by atoms with Crippen LogP contribution < -0.4 is 5.73 Å². The molecular formula is C12H21NO2. The van der Waals surface area contributed by atoms with Gasteiger partial charge in [0, 0.05) is 5.70 Å². The number of carbonyl (C=O) groups excluding carboxylic acids is 1. The SMILES string of the molecule is CCC/C=C/C(C(=O)OCC)=C(\N)CC. The highest BCUT2D eigenvalue weighted by molar-refractivity contribution is 5.92. The van der Waals surface area contributed by atoms with Gasteiger partial charge < -0.3 is 10.5 Å². The van der Waals surface area contributed by atoms with E-state index in [2.05, 4.69) is 6.92 Å². The van der Waals surface area contributed by atoms with E-state index in [1.54, 1.807) is 13.0 Å². The third-order valence-corrected chi connectivity index (χ3v) is 1.96. The monoisotopic (exact) mass is 211 g/mol. The van der Waals surface area contributed by atoms with E-state index in [0.29, 0.717) is 24.3 Å². The van der Waals surface area contributed by atoms with Crippen LogP contribution in [0, 0.1) is 0 Å². The van der Waals surface area contributed by atoms with Crippen molar-refractivity contribution in [2.24, 2.45) is 5.73 Å². The fourth-order valence-electron chi connectivity index (χ4n) is 1.07. The van der Waals surface area contributed by atoms with Crippen LogP contribution >= 0.6 is 0 Å². The number of allylic oxidation sites excluding steroid dienone is 2. The first kappa shape index (κ1) is 13.8. The second-order valence-electron chi connectivity index (χ2n) is 3.20. The van der Waals surface area contributed by atoms with Crippen LogP contribution in [0.2, 0.25) is 0 Å². The summed E-state index contributed by atoms with van der Waals surface area (Å²) in [6.07, 6.45) is 6.37. The van der Waals surface area contributed by atoms with Gasteiger partial charge in [0.05, 0.1) is 12.2 Å². The maximum absolute atomic E-state index is 11.5.